The number of nitro benzene ring substituents is 3. The van der Waals surface area contributed by atoms with Crippen LogP contribution in [-0.2, 0) is 49.2 Å². The predicted octanol–water partition coefficient (Wildman–Crippen LogP) is 5.27. The average molecular weight is 820 g/mol. The van der Waals surface area contributed by atoms with E-state index in [1.54, 1.807) is 25.1 Å². The summed E-state index contributed by atoms with van der Waals surface area (Å²) < 4.78 is 12.9. The van der Waals surface area contributed by atoms with Gasteiger partial charge in [-0.2, -0.15) is 0 Å². The van der Waals surface area contributed by atoms with Gasteiger partial charge < -0.3 is 28.9 Å². The van der Waals surface area contributed by atoms with Gasteiger partial charge in [0, 0.05) is 63.5 Å². The Morgan fingerprint density at radius 3 is 2.35 bits per heavy atom. The molecule has 3 aliphatic rings. The maximum atomic E-state index is 14.1. The molecule has 0 saturated heterocycles. The van der Waals surface area contributed by atoms with Crippen LogP contribution in [0.2, 0.25) is 0 Å². The summed E-state index contributed by atoms with van der Waals surface area (Å²) in [5.74, 6) is -2.01. The van der Waals surface area contributed by atoms with Crippen molar-refractivity contribution in [2.75, 3.05) is 14.1 Å². The van der Waals surface area contributed by atoms with E-state index in [0.29, 0.717) is 40.0 Å². The van der Waals surface area contributed by atoms with Gasteiger partial charge in [-0.05, 0) is 64.2 Å². The number of esters is 2. The second-order valence-electron chi connectivity index (χ2n) is 14.9. The minimum Gasteiger partial charge on any atom is -0.508 e. The lowest BCUT2D eigenvalue weighted by Crippen LogP contribution is -2.48. The maximum absolute atomic E-state index is 14.1. The highest BCUT2D eigenvalue weighted by Crippen LogP contribution is 2.48. The molecule has 0 spiro atoms. The van der Waals surface area contributed by atoms with Crippen molar-refractivity contribution < 1.29 is 43.8 Å². The summed E-state index contributed by atoms with van der Waals surface area (Å²) >= 11 is 0. The van der Waals surface area contributed by atoms with Crippen LogP contribution < -0.4 is 5.56 Å². The normalized spacial score (nSPS) is 17.0. The number of nitro groups is 3. The summed E-state index contributed by atoms with van der Waals surface area (Å²) in [6.45, 7) is 4.41. The summed E-state index contributed by atoms with van der Waals surface area (Å²) in [6.07, 6.45) is -1.81. The number of carbonyl (C=O) groups excluding carboxylic acids is 2. The summed E-state index contributed by atoms with van der Waals surface area (Å²) in [5.41, 5.74) is -1.62. The molecule has 0 saturated carbocycles. The summed E-state index contributed by atoms with van der Waals surface area (Å²) in [7, 11) is 3.73. The molecule has 2 aromatic heterocycles. The molecular formula is C40H33N7O13. The minimum atomic E-state index is -2.14. The van der Waals surface area contributed by atoms with Crippen LogP contribution in [0.4, 0.5) is 17.1 Å². The minimum absolute atomic E-state index is 0.0163. The van der Waals surface area contributed by atoms with Gasteiger partial charge in [-0.25, -0.2) is 14.6 Å². The lowest BCUT2D eigenvalue weighted by Gasteiger charge is -2.36. The topological polar surface area (TPSA) is 262 Å². The van der Waals surface area contributed by atoms with Crippen molar-refractivity contribution in [1.82, 2.24) is 14.5 Å². The number of non-ortho nitro benzene ring substituents is 2. The first-order valence-corrected chi connectivity index (χ1v) is 18.4. The number of phenols is 1. The zero-order chi connectivity index (χ0) is 43.1. The molecule has 1 aliphatic carbocycles. The van der Waals surface area contributed by atoms with Gasteiger partial charge in [0.15, 0.2) is 0 Å². The van der Waals surface area contributed by atoms with Gasteiger partial charge in [0.05, 0.1) is 55.4 Å². The zero-order valence-corrected chi connectivity index (χ0v) is 32.5. The number of ether oxygens (including phenoxy) is 2. The van der Waals surface area contributed by atoms with E-state index >= 15 is 0 Å². The molecule has 306 valence electrons. The number of phenolic OH excluding ortho intramolecular Hbond substituents is 1. The Kier molecular flexibility index (Phi) is 9.18. The van der Waals surface area contributed by atoms with Gasteiger partial charge in [0.25, 0.3) is 22.6 Å². The highest BCUT2D eigenvalue weighted by atomic mass is 16.7. The number of aromatic nitrogens is 2. The highest BCUT2D eigenvalue weighted by Gasteiger charge is 2.51. The van der Waals surface area contributed by atoms with Crippen LogP contribution in [0.1, 0.15) is 59.2 Å². The fourth-order valence-electron chi connectivity index (χ4n) is 8.12. The Morgan fingerprint density at radius 2 is 1.70 bits per heavy atom. The molecule has 3 aromatic carbocycles. The fourth-order valence-corrected chi connectivity index (χ4v) is 8.12. The maximum Gasteiger partial charge on any atom is 0.355 e. The van der Waals surface area contributed by atoms with E-state index in [-0.39, 0.29) is 63.4 Å². The molecule has 8 rings (SSSR count). The molecule has 0 fully saturated rings. The lowest BCUT2D eigenvalue weighted by molar-refractivity contribution is -0.393. The Morgan fingerprint density at radius 1 is 1.02 bits per heavy atom. The molecule has 2 aliphatic heterocycles. The molecule has 0 amide bonds. The molecule has 2 atom stereocenters. The summed E-state index contributed by atoms with van der Waals surface area (Å²) in [4.78, 5) is 87.5. The van der Waals surface area contributed by atoms with E-state index < -0.39 is 67.6 Å². The predicted molar refractivity (Wildman–Crippen MR) is 210 cm³/mol. The monoisotopic (exact) mass is 819 g/mol. The van der Waals surface area contributed by atoms with E-state index in [1.807, 2.05) is 25.1 Å². The van der Waals surface area contributed by atoms with E-state index in [0.717, 1.165) is 18.2 Å². The molecule has 60 heavy (non-hydrogen) atoms. The first kappa shape index (κ1) is 39.2. The Balaban J connectivity index is 1.17. The van der Waals surface area contributed by atoms with Crippen molar-refractivity contribution in [3.63, 3.8) is 0 Å². The van der Waals surface area contributed by atoms with Crippen LogP contribution in [-0.4, -0.2) is 72.2 Å². The quantitative estimate of drug-likeness (QED) is 0.105. The third-order valence-electron chi connectivity index (χ3n) is 10.9. The number of hydrogen-bond donors (Lipinski definition) is 1. The van der Waals surface area contributed by atoms with E-state index in [9.17, 15) is 49.8 Å². The van der Waals surface area contributed by atoms with Crippen molar-refractivity contribution in [1.29, 1.82) is 0 Å². The third-order valence-corrected chi connectivity index (χ3v) is 10.9. The van der Waals surface area contributed by atoms with Gasteiger partial charge >= 0.3 is 11.9 Å². The fraction of sp³-hybridized carbons (Fsp3) is 0.275. The molecule has 0 bridgehead atoms. The Bertz CT molecular complexity index is 2900. The number of cyclic esters (lactones) is 1. The van der Waals surface area contributed by atoms with E-state index in [4.69, 9.17) is 19.3 Å². The van der Waals surface area contributed by atoms with Crippen LogP contribution >= 0.6 is 0 Å². The average Bonchev–Trinajstić information content (AvgIpc) is 3.73. The van der Waals surface area contributed by atoms with Crippen molar-refractivity contribution in [2.24, 2.45) is 5.16 Å². The molecule has 0 radical (unpaired) electrons. The molecule has 5 aromatic rings. The molecule has 20 heteroatoms. The SMILES string of the molecule is CC[C@@]1(OC(=O)[C@H](C)O/N=C2/c3cc([N+](=O)[O-])cc(C)c3-c3c2cc([N+](=O)[O-])cc3[N+](=O)[O-])C(=O)OCc2c1cc1n(c2=O)Cc2cc3c(CN(C)C)c(O)ccc3nc2-1. The van der Waals surface area contributed by atoms with Crippen molar-refractivity contribution in [3.05, 3.63) is 128 Å². The summed E-state index contributed by atoms with van der Waals surface area (Å²) in [5, 5.41) is 51.3. The van der Waals surface area contributed by atoms with Gasteiger partial charge in [-0.1, -0.05) is 12.1 Å². The van der Waals surface area contributed by atoms with Gasteiger partial charge in [-0.3, -0.25) is 35.1 Å². The highest BCUT2D eigenvalue weighted by molar-refractivity contribution is 6.26. The number of hydrogen-bond acceptors (Lipinski definition) is 16. The number of aryl methyl sites for hydroxylation is 1. The second kappa shape index (κ2) is 14.0. The smallest absolute Gasteiger partial charge is 0.355 e. The lowest BCUT2D eigenvalue weighted by atomic mass is 9.85. The molecule has 20 nitrogen and oxygen atoms in total. The van der Waals surface area contributed by atoms with Crippen molar-refractivity contribution in [2.45, 2.75) is 58.6 Å². The van der Waals surface area contributed by atoms with Crippen LogP contribution in [0.15, 0.2) is 58.5 Å². The van der Waals surface area contributed by atoms with Crippen LogP contribution in [0.5, 0.6) is 5.75 Å². The molecule has 1 N–H and O–H groups in total. The number of oxime groups is 1. The van der Waals surface area contributed by atoms with Crippen molar-refractivity contribution >= 4 is 45.6 Å². The molecule has 0 unspecified atom stereocenters. The first-order valence-electron chi connectivity index (χ1n) is 18.4. The number of rotatable bonds is 10. The summed E-state index contributed by atoms with van der Waals surface area (Å²) in [6, 6.07) is 10.7. The second-order valence-corrected chi connectivity index (χ2v) is 14.9. The van der Waals surface area contributed by atoms with Crippen LogP contribution in [0.3, 0.4) is 0 Å². The Labute approximate surface area is 337 Å². The number of carbonyl (C=O) groups is 2. The van der Waals surface area contributed by atoms with Crippen LogP contribution in [0.25, 0.3) is 33.4 Å². The van der Waals surface area contributed by atoms with Gasteiger partial charge in [0.2, 0.25) is 11.7 Å². The molecule has 4 heterocycles. The standard InChI is InChI=1S/C40H33N7O13/c1-6-40(28-14-31-35-20(15-44(31)37(49)27(28)17-58-39(40)51)10-23-26(16-43(4)5)32(48)8-7-29(23)41-35)59-38(50)19(3)60-42-36-24-11-21(45(52)53)9-18(2)33(24)34-25(36)12-22(46(54)55)13-30(34)47(56)57/h7-14,19,48H,6,15-17H2,1-5H3/b42-36-/t19-,40-/m0/s1. The largest absolute Gasteiger partial charge is 0.508 e. The van der Waals surface area contributed by atoms with E-state index in [2.05, 4.69) is 5.16 Å². The Hall–Kier alpha value is -7.61. The van der Waals surface area contributed by atoms with Gasteiger partial charge in [-0.15, -0.1) is 0 Å². The molecular weight excluding hydrogens is 786 g/mol. The number of nitrogens with zero attached hydrogens (tertiary/aromatic N) is 7. The van der Waals surface area contributed by atoms with Crippen LogP contribution in [0, 0.1) is 37.3 Å². The number of pyridine rings is 2. The van der Waals surface area contributed by atoms with Gasteiger partial charge in [0.1, 0.15) is 18.1 Å². The number of aromatic hydroxyl groups is 1. The van der Waals surface area contributed by atoms with Crippen molar-refractivity contribution in [3.8, 4) is 28.3 Å². The van der Waals surface area contributed by atoms with E-state index in [1.165, 1.54) is 24.5 Å². The number of benzene rings is 3. The zero-order valence-electron chi connectivity index (χ0n) is 32.5. The third kappa shape index (κ3) is 5.98. The number of fused-ring (bicyclic) bond motifs is 8. The first-order chi connectivity index (χ1) is 28.4.